The highest BCUT2D eigenvalue weighted by Gasteiger charge is 2.17. The number of nitrogens with one attached hydrogen (secondary N) is 1. The van der Waals surface area contributed by atoms with Crippen molar-refractivity contribution in [3.63, 3.8) is 0 Å². The lowest BCUT2D eigenvalue weighted by molar-refractivity contribution is 0.277. The van der Waals surface area contributed by atoms with Gasteiger partial charge < -0.3 is 9.80 Å². The van der Waals surface area contributed by atoms with E-state index in [-0.39, 0.29) is 0 Å². The zero-order valence-corrected chi connectivity index (χ0v) is 8.97. The minimum atomic E-state index is 0.871. The van der Waals surface area contributed by atoms with Crippen molar-refractivity contribution in [3.8, 4) is 0 Å². The molecule has 2 aliphatic heterocycles. The molecule has 0 aromatic carbocycles. The highest BCUT2D eigenvalue weighted by atomic mass is 15.2. The summed E-state index contributed by atoms with van der Waals surface area (Å²) in [4.78, 5) is 4.80. The fourth-order valence-corrected chi connectivity index (χ4v) is 2.40. The number of piperidine rings is 1. The van der Waals surface area contributed by atoms with E-state index in [2.05, 4.69) is 9.80 Å². The average molecular weight is 195 g/mol. The van der Waals surface area contributed by atoms with Crippen molar-refractivity contribution in [1.82, 2.24) is 9.80 Å². The van der Waals surface area contributed by atoms with Crippen LogP contribution in [0.5, 0.6) is 0 Å². The third-order valence-electron chi connectivity index (χ3n) is 3.36. The number of amidine groups is 1. The normalized spacial score (nSPS) is 24.6. The molecule has 0 aliphatic carbocycles. The highest BCUT2D eigenvalue weighted by Crippen LogP contribution is 2.12. The van der Waals surface area contributed by atoms with Crippen molar-refractivity contribution in [2.24, 2.45) is 0 Å². The van der Waals surface area contributed by atoms with E-state index in [1.54, 1.807) is 0 Å². The Bertz CT molecular complexity index is 197. The predicted octanol–water partition coefficient (Wildman–Crippen LogP) is 1.55. The quantitative estimate of drug-likeness (QED) is 0.740. The lowest BCUT2D eigenvalue weighted by Crippen LogP contribution is -2.40. The molecule has 0 unspecified atom stereocenters. The third-order valence-corrected chi connectivity index (χ3v) is 3.36. The average Bonchev–Trinajstić information content (AvgIpc) is 2.69. The Labute approximate surface area is 86.6 Å². The molecule has 2 saturated heterocycles. The number of nitrogens with zero attached hydrogens (tertiary/aromatic N) is 2. The van der Waals surface area contributed by atoms with Gasteiger partial charge in [-0.25, -0.2) is 0 Å². The summed E-state index contributed by atoms with van der Waals surface area (Å²) in [7, 11) is 0. The Kier molecular flexibility index (Phi) is 3.40. The van der Waals surface area contributed by atoms with Crippen LogP contribution < -0.4 is 0 Å². The first-order chi connectivity index (χ1) is 6.86. The molecule has 2 rings (SSSR count). The first-order valence-electron chi connectivity index (χ1n) is 5.91. The summed E-state index contributed by atoms with van der Waals surface area (Å²) in [6.45, 7) is 5.93. The van der Waals surface area contributed by atoms with Gasteiger partial charge >= 0.3 is 0 Å². The van der Waals surface area contributed by atoms with Crippen LogP contribution in [0, 0.1) is 5.41 Å². The molecule has 0 amide bonds. The van der Waals surface area contributed by atoms with Crippen LogP contribution in [-0.4, -0.2) is 48.4 Å². The Morgan fingerprint density at radius 2 is 1.64 bits per heavy atom. The topological polar surface area (TPSA) is 30.3 Å². The van der Waals surface area contributed by atoms with Crippen molar-refractivity contribution in [1.29, 1.82) is 5.41 Å². The first kappa shape index (κ1) is 9.97. The number of hydrogen-bond acceptors (Lipinski definition) is 2. The molecule has 0 atom stereocenters. The number of rotatable bonds is 3. The maximum Gasteiger partial charge on any atom is 0.0958 e. The van der Waals surface area contributed by atoms with E-state index >= 15 is 0 Å². The predicted molar refractivity (Wildman–Crippen MR) is 58.8 cm³/mol. The van der Waals surface area contributed by atoms with E-state index in [1.807, 2.05) is 0 Å². The van der Waals surface area contributed by atoms with Gasteiger partial charge in [-0.2, -0.15) is 0 Å². The summed E-state index contributed by atoms with van der Waals surface area (Å²) in [5.74, 6) is 0.871. The number of hydrogen-bond donors (Lipinski definition) is 1. The minimum absolute atomic E-state index is 0.871. The van der Waals surface area contributed by atoms with E-state index in [4.69, 9.17) is 5.41 Å². The molecule has 3 nitrogen and oxygen atoms in total. The molecule has 0 saturated carbocycles. The molecule has 0 aromatic rings. The van der Waals surface area contributed by atoms with Crippen LogP contribution in [0.1, 0.15) is 32.1 Å². The molecule has 2 fully saturated rings. The van der Waals surface area contributed by atoms with Crippen LogP contribution in [0.4, 0.5) is 0 Å². The van der Waals surface area contributed by atoms with Crippen molar-refractivity contribution in [2.45, 2.75) is 32.1 Å². The molecule has 0 aromatic heterocycles. The van der Waals surface area contributed by atoms with Crippen molar-refractivity contribution in [2.75, 3.05) is 32.7 Å². The second-order valence-corrected chi connectivity index (χ2v) is 4.44. The SMILES string of the molecule is N=C1CCCCN1CCN1CCCC1. The summed E-state index contributed by atoms with van der Waals surface area (Å²) in [6.07, 6.45) is 6.25. The van der Waals surface area contributed by atoms with Gasteiger partial charge in [-0.15, -0.1) is 0 Å². The van der Waals surface area contributed by atoms with E-state index in [0.717, 1.165) is 25.3 Å². The van der Waals surface area contributed by atoms with Crippen molar-refractivity contribution < 1.29 is 0 Å². The van der Waals surface area contributed by atoms with Crippen molar-refractivity contribution >= 4 is 5.84 Å². The highest BCUT2D eigenvalue weighted by molar-refractivity contribution is 5.79. The largest absolute Gasteiger partial charge is 0.359 e. The Hall–Kier alpha value is -0.570. The standard InChI is InChI=1S/C11H21N3/c12-11-5-1-2-8-14(11)10-9-13-6-3-4-7-13/h12H,1-10H2. The van der Waals surface area contributed by atoms with Gasteiger partial charge in [-0.05, 0) is 38.8 Å². The maximum atomic E-state index is 7.83. The summed E-state index contributed by atoms with van der Waals surface area (Å²) in [6, 6.07) is 0. The maximum absolute atomic E-state index is 7.83. The first-order valence-corrected chi connectivity index (χ1v) is 5.91. The van der Waals surface area contributed by atoms with Gasteiger partial charge in [0.25, 0.3) is 0 Å². The van der Waals surface area contributed by atoms with Crippen LogP contribution in [0.2, 0.25) is 0 Å². The zero-order valence-electron chi connectivity index (χ0n) is 8.97. The molecule has 0 radical (unpaired) electrons. The molecule has 2 aliphatic rings. The fraction of sp³-hybridized carbons (Fsp3) is 0.909. The molecular weight excluding hydrogens is 174 g/mol. The van der Waals surface area contributed by atoms with Gasteiger partial charge in [-0.1, -0.05) is 0 Å². The van der Waals surface area contributed by atoms with E-state index in [9.17, 15) is 0 Å². The van der Waals surface area contributed by atoms with Gasteiger partial charge in [0, 0.05) is 26.1 Å². The van der Waals surface area contributed by atoms with E-state index in [0.29, 0.717) is 0 Å². The lowest BCUT2D eigenvalue weighted by atomic mass is 10.1. The van der Waals surface area contributed by atoms with Gasteiger partial charge in [0.2, 0.25) is 0 Å². The van der Waals surface area contributed by atoms with Crippen LogP contribution >= 0.6 is 0 Å². The summed E-state index contributed by atoms with van der Waals surface area (Å²) >= 11 is 0. The zero-order chi connectivity index (χ0) is 9.80. The summed E-state index contributed by atoms with van der Waals surface area (Å²) < 4.78 is 0. The molecule has 2 heterocycles. The Morgan fingerprint density at radius 3 is 2.36 bits per heavy atom. The second kappa shape index (κ2) is 4.78. The summed E-state index contributed by atoms with van der Waals surface area (Å²) in [5.41, 5.74) is 0. The van der Waals surface area contributed by atoms with Crippen molar-refractivity contribution in [3.05, 3.63) is 0 Å². The smallest absolute Gasteiger partial charge is 0.0958 e. The van der Waals surface area contributed by atoms with Crippen LogP contribution in [-0.2, 0) is 0 Å². The minimum Gasteiger partial charge on any atom is -0.359 e. The third kappa shape index (κ3) is 2.47. The van der Waals surface area contributed by atoms with Crippen LogP contribution in [0.25, 0.3) is 0 Å². The molecular formula is C11H21N3. The van der Waals surface area contributed by atoms with Gasteiger partial charge in [0.1, 0.15) is 0 Å². The number of likely N-dealkylation sites (tertiary alicyclic amines) is 2. The summed E-state index contributed by atoms with van der Waals surface area (Å²) in [5, 5.41) is 7.83. The van der Waals surface area contributed by atoms with E-state index < -0.39 is 0 Å². The molecule has 80 valence electrons. The molecule has 1 N–H and O–H groups in total. The van der Waals surface area contributed by atoms with Crippen LogP contribution in [0.3, 0.4) is 0 Å². The van der Waals surface area contributed by atoms with Gasteiger partial charge in [0.05, 0.1) is 5.84 Å². The van der Waals surface area contributed by atoms with Crippen LogP contribution in [0.15, 0.2) is 0 Å². The van der Waals surface area contributed by atoms with E-state index in [1.165, 1.54) is 45.3 Å². The molecule has 14 heavy (non-hydrogen) atoms. The molecule has 0 spiro atoms. The molecule has 0 bridgehead atoms. The van der Waals surface area contributed by atoms with Gasteiger partial charge in [0.15, 0.2) is 0 Å². The monoisotopic (exact) mass is 195 g/mol. The van der Waals surface area contributed by atoms with Gasteiger partial charge in [-0.3, -0.25) is 5.41 Å². The second-order valence-electron chi connectivity index (χ2n) is 4.44. The lowest BCUT2D eigenvalue weighted by Gasteiger charge is -2.30. The Balaban J connectivity index is 1.70. The fourth-order valence-electron chi connectivity index (χ4n) is 2.40. The Morgan fingerprint density at radius 1 is 0.929 bits per heavy atom. The molecule has 3 heteroatoms.